The fraction of sp³-hybridized carbons (Fsp3) is 0.417. The van der Waals surface area contributed by atoms with Crippen LogP contribution in [0.2, 0.25) is 19.6 Å². The molecule has 1 unspecified atom stereocenters. The van der Waals surface area contributed by atoms with Gasteiger partial charge >= 0.3 is 0 Å². The lowest BCUT2D eigenvalue weighted by atomic mass is 10.2. The van der Waals surface area contributed by atoms with Gasteiger partial charge in [-0.2, -0.15) is 0 Å². The first-order chi connectivity index (χ1) is 8.85. The third-order valence-corrected chi connectivity index (χ3v) is 4.16. The molecule has 1 atom stereocenters. The van der Waals surface area contributed by atoms with Crippen molar-refractivity contribution < 1.29 is 4.39 Å². The Morgan fingerprint density at radius 2 is 2.05 bits per heavy atom. The molecule has 2 aromatic heterocycles. The highest BCUT2D eigenvalue weighted by molar-refractivity contribution is 9.10. The van der Waals surface area contributed by atoms with E-state index in [-0.39, 0.29) is 0 Å². The van der Waals surface area contributed by atoms with Crippen LogP contribution in [0.5, 0.6) is 0 Å². The van der Waals surface area contributed by atoms with Crippen molar-refractivity contribution in [2.24, 2.45) is 0 Å². The van der Waals surface area contributed by atoms with E-state index in [2.05, 4.69) is 50.9 Å². The molecule has 0 aliphatic heterocycles. The number of pyridine rings is 1. The lowest BCUT2D eigenvalue weighted by Crippen LogP contribution is -2.28. The van der Waals surface area contributed by atoms with Crippen molar-refractivity contribution in [3.05, 3.63) is 40.4 Å². The molecule has 0 saturated heterocycles. The summed E-state index contributed by atoms with van der Waals surface area (Å²) in [6.07, 6.45) is 1.16. The van der Waals surface area contributed by atoms with Crippen LogP contribution in [0.1, 0.15) is 17.6 Å². The number of aromatic nitrogens is 4. The van der Waals surface area contributed by atoms with Gasteiger partial charge in [-0.1, -0.05) is 30.9 Å². The molecule has 0 aliphatic rings. The molecule has 2 heterocycles. The van der Waals surface area contributed by atoms with Crippen molar-refractivity contribution in [1.29, 1.82) is 0 Å². The van der Waals surface area contributed by atoms with Gasteiger partial charge in [0.05, 0.1) is 20.0 Å². The zero-order valence-corrected chi connectivity index (χ0v) is 13.7. The number of hydrogen-bond donors (Lipinski definition) is 0. The first kappa shape index (κ1) is 14.3. The molecule has 0 aromatic carbocycles. The van der Waals surface area contributed by atoms with E-state index in [4.69, 9.17) is 0 Å². The maximum atomic E-state index is 14.3. The Morgan fingerprint density at radius 1 is 1.32 bits per heavy atom. The first-order valence-electron chi connectivity index (χ1n) is 6.02. The third-order valence-electron chi connectivity index (χ3n) is 2.45. The van der Waals surface area contributed by atoms with Crippen LogP contribution in [0.4, 0.5) is 4.39 Å². The van der Waals surface area contributed by atoms with Gasteiger partial charge in [-0.05, 0) is 28.1 Å². The molecular formula is C12H16BrFN4Si. The molecule has 0 bridgehead atoms. The van der Waals surface area contributed by atoms with Crippen molar-refractivity contribution in [3.8, 4) is 0 Å². The molecule has 102 valence electrons. The molecule has 0 radical (unpaired) electrons. The van der Waals surface area contributed by atoms with Crippen LogP contribution < -0.4 is 0 Å². The van der Waals surface area contributed by atoms with E-state index < -0.39 is 14.2 Å². The molecule has 2 aromatic rings. The fourth-order valence-corrected chi connectivity index (χ4v) is 3.19. The van der Waals surface area contributed by atoms with Crippen LogP contribution in [-0.2, 0) is 6.17 Å². The molecule has 4 nitrogen and oxygen atoms in total. The van der Waals surface area contributed by atoms with E-state index >= 15 is 0 Å². The summed E-state index contributed by atoms with van der Waals surface area (Å²) >= 11 is 3.23. The number of alkyl halides is 1. The number of halogens is 2. The highest BCUT2D eigenvalue weighted by Gasteiger charge is 2.20. The SMILES string of the molecule is C[Si](C)(C)Cn1cc(C(F)c2cccc(Br)n2)nn1. The minimum absolute atomic E-state index is 0.309. The van der Waals surface area contributed by atoms with Crippen LogP contribution in [0.15, 0.2) is 29.0 Å². The molecule has 2 rings (SSSR count). The summed E-state index contributed by atoms with van der Waals surface area (Å²) in [6, 6.07) is 5.16. The average Bonchev–Trinajstić information content (AvgIpc) is 2.74. The van der Waals surface area contributed by atoms with Gasteiger partial charge < -0.3 is 0 Å². The summed E-state index contributed by atoms with van der Waals surface area (Å²) in [5.41, 5.74) is 0.651. The van der Waals surface area contributed by atoms with Crippen molar-refractivity contribution in [3.63, 3.8) is 0 Å². The Balaban J connectivity index is 2.18. The molecule has 19 heavy (non-hydrogen) atoms. The van der Waals surface area contributed by atoms with Crippen LogP contribution in [0.25, 0.3) is 0 Å². The molecule has 0 fully saturated rings. The predicted octanol–water partition coefficient (Wildman–Crippen LogP) is 3.37. The van der Waals surface area contributed by atoms with Crippen molar-refractivity contribution >= 4 is 24.0 Å². The van der Waals surface area contributed by atoms with Gasteiger partial charge in [-0.25, -0.2) is 9.37 Å². The molecule has 0 aliphatic carbocycles. The Bertz CT molecular complexity index is 567. The van der Waals surface area contributed by atoms with Crippen molar-refractivity contribution in [2.75, 3.05) is 0 Å². The summed E-state index contributed by atoms with van der Waals surface area (Å²) in [4.78, 5) is 4.11. The maximum Gasteiger partial charge on any atom is 0.187 e. The van der Waals surface area contributed by atoms with Gasteiger partial charge in [-0.15, -0.1) is 5.10 Å². The van der Waals surface area contributed by atoms with E-state index in [9.17, 15) is 4.39 Å². The lowest BCUT2D eigenvalue weighted by molar-refractivity contribution is 0.384. The second-order valence-corrected chi connectivity index (χ2v) is 11.9. The largest absolute Gasteiger partial charge is 0.255 e. The van der Waals surface area contributed by atoms with Gasteiger partial charge in [0, 0.05) is 6.17 Å². The van der Waals surface area contributed by atoms with Crippen LogP contribution in [0, 0.1) is 0 Å². The summed E-state index contributed by atoms with van der Waals surface area (Å²) in [5.74, 6) is 0. The van der Waals surface area contributed by atoms with Crippen molar-refractivity contribution in [2.45, 2.75) is 32.0 Å². The monoisotopic (exact) mass is 342 g/mol. The number of rotatable bonds is 4. The molecular weight excluding hydrogens is 327 g/mol. The molecule has 0 saturated carbocycles. The number of hydrogen-bond acceptors (Lipinski definition) is 3. The van der Waals surface area contributed by atoms with Gasteiger partial charge in [0.25, 0.3) is 0 Å². The van der Waals surface area contributed by atoms with Crippen LogP contribution in [-0.4, -0.2) is 28.1 Å². The van der Waals surface area contributed by atoms with E-state index in [0.717, 1.165) is 6.17 Å². The minimum Gasteiger partial charge on any atom is -0.255 e. The van der Waals surface area contributed by atoms with E-state index in [1.807, 2.05) is 0 Å². The Kier molecular flexibility index (Phi) is 4.15. The van der Waals surface area contributed by atoms with Crippen LogP contribution in [0.3, 0.4) is 0 Å². The summed E-state index contributed by atoms with van der Waals surface area (Å²) in [6.45, 7) is 6.70. The van der Waals surface area contributed by atoms with Gasteiger partial charge in [-0.3, -0.25) is 4.68 Å². The lowest BCUT2D eigenvalue weighted by Gasteiger charge is -2.14. The highest BCUT2D eigenvalue weighted by atomic mass is 79.9. The second kappa shape index (κ2) is 5.50. The maximum absolute atomic E-state index is 14.3. The number of nitrogens with zero attached hydrogens (tertiary/aromatic N) is 4. The average molecular weight is 343 g/mol. The molecule has 0 spiro atoms. The molecule has 7 heteroatoms. The Hall–Kier alpha value is -1.08. The predicted molar refractivity (Wildman–Crippen MR) is 78.3 cm³/mol. The zero-order valence-electron chi connectivity index (χ0n) is 11.1. The Morgan fingerprint density at radius 3 is 2.68 bits per heavy atom. The summed E-state index contributed by atoms with van der Waals surface area (Å²) in [7, 11) is -1.29. The summed E-state index contributed by atoms with van der Waals surface area (Å²) < 4.78 is 16.6. The normalized spacial score (nSPS) is 13.5. The molecule has 0 N–H and O–H groups in total. The quantitative estimate of drug-likeness (QED) is 0.631. The van der Waals surface area contributed by atoms with E-state index in [1.165, 1.54) is 0 Å². The second-order valence-electron chi connectivity index (χ2n) is 5.65. The smallest absolute Gasteiger partial charge is 0.187 e. The van der Waals surface area contributed by atoms with Gasteiger partial charge in [0.2, 0.25) is 0 Å². The van der Waals surface area contributed by atoms with Crippen LogP contribution >= 0.6 is 15.9 Å². The summed E-state index contributed by atoms with van der Waals surface area (Å²) in [5, 5.41) is 7.90. The fourth-order valence-electron chi connectivity index (χ4n) is 1.71. The molecule has 0 amide bonds. The van der Waals surface area contributed by atoms with E-state index in [0.29, 0.717) is 16.0 Å². The zero-order chi connectivity index (χ0) is 14.0. The van der Waals surface area contributed by atoms with Crippen molar-refractivity contribution in [1.82, 2.24) is 20.0 Å². The van der Waals surface area contributed by atoms with Gasteiger partial charge in [0.15, 0.2) is 6.17 Å². The van der Waals surface area contributed by atoms with E-state index in [1.54, 1.807) is 29.1 Å². The third kappa shape index (κ3) is 3.94. The standard InChI is InChI=1S/C12H16BrFN4Si/c1-19(2,3)8-18-7-10(16-17-18)12(14)9-5-4-6-11(13)15-9/h4-7,12H,8H2,1-3H3. The first-order valence-corrected chi connectivity index (χ1v) is 10.5. The highest BCUT2D eigenvalue weighted by Crippen LogP contribution is 2.23. The Labute approximate surface area is 121 Å². The minimum atomic E-state index is -1.34. The topological polar surface area (TPSA) is 43.6 Å². The van der Waals surface area contributed by atoms with Gasteiger partial charge in [0.1, 0.15) is 10.3 Å².